The minimum Gasteiger partial charge on any atom is -0.354 e. The Morgan fingerprint density at radius 3 is 2.54 bits per heavy atom. The lowest BCUT2D eigenvalue weighted by Gasteiger charge is -2.39. The lowest BCUT2D eigenvalue weighted by atomic mass is 9.93. The Hall–Kier alpha value is -1.75. The zero-order chi connectivity index (χ0) is 16.9. The van der Waals surface area contributed by atoms with Crippen molar-refractivity contribution in [2.45, 2.75) is 31.7 Å². The van der Waals surface area contributed by atoms with E-state index in [-0.39, 0.29) is 5.91 Å². The summed E-state index contributed by atoms with van der Waals surface area (Å²) in [5.41, 5.74) is 0.970. The first kappa shape index (κ1) is 17.1. The van der Waals surface area contributed by atoms with Gasteiger partial charge in [0, 0.05) is 44.3 Å². The van der Waals surface area contributed by atoms with Gasteiger partial charge in [0.1, 0.15) is 0 Å². The van der Waals surface area contributed by atoms with Gasteiger partial charge in [-0.1, -0.05) is 23.7 Å². The van der Waals surface area contributed by atoms with E-state index >= 15 is 0 Å². The molecule has 1 heterocycles. The summed E-state index contributed by atoms with van der Waals surface area (Å²) in [6, 6.07) is 8.10. The van der Waals surface area contributed by atoms with Crippen LogP contribution in [0.2, 0.25) is 5.02 Å². The van der Waals surface area contributed by atoms with Gasteiger partial charge in [-0.15, -0.1) is 0 Å². The van der Waals surface area contributed by atoms with Crippen LogP contribution in [0, 0.1) is 0 Å². The Bertz CT molecular complexity index is 607. The fourth-order valence-corrected chi connectivity index (χ4v) is 3.35. The number of amides is 1. The molecule has 5 nitrogen and oxygen atoms in total. The highest BCUT2D eigenvalue weighted by Gasteiger charge is 2.25. The number of halogens is 1. The number of rotatable bonds is 3. The maximum absolute atomic E-state index is 12.5. The number of nitrogens with one attached hydrogen (secondary N) is 1. The summed E-state index contributed by atoms with van der Waals surface area (Å²) < 4.78 is 0. The molecule has 1 saturated heterocycles. The van der Waals surface area contributed by atoms with Crippen molar-refractivity contribution in [1.82, 2.24) is 15.1 Å². The number of carbonyl (C=O) groups excluding carboxylic acids is 1. The van der Waals surface area contributed by atoms with Gasteiger partial charge >= 0.3 is 0 Å². The van der Waals surface area contributed by atoms with E-state index in [2.05, 4.69) is 15.2 Å². The molecule has 1 aliphatic heterocycles. The van der Waals surface area contributed by atoms with Crippen LogP contribution in [-0.4, -0.2) is 60.9 Å². The Morgan fingerprint density at radius 2 is 1.96 bits per heavy atom. The average Bonchev–Trinajstić information content (AvgIpc) is 2.54. The third kappa shape index (κ3) is 4.20. The second-order valence-electron chi connectivity index (χ2n) is 6.49. The summed E-state index contributed by atoms with van der Waals surface area (Å²) in [5, 5.41) is 4.20. The summed E-state index contributed by atoms with van der Waals surface area (Å²) in [7, 11) is 1.83. The number of hydrogen-bond donors (Lipinski definition) is 1. The molecule has 3 rings (SSSR count). The molecule has 0 unspecified atom stereocenters. The van der Waals surface area contributed by atoms with Gasteiger partial charge in [0.2, 0.25) is 5.91 Å². The van der Waals surface area contributed by atoms with Crippen LogP contribution < -0.4 is 5.32 Å². The fraction of sp³-hybridized carbons (Fsp3) is 0.556. The topological polar surface area (TPSA) is 47.9 Å². The predicted molar refractivity (Wildman–Crippen MR) is 97.4 cm³/mol. The van der Waals surface area contributed by atoms with Crippen LogP contribution >= 0.6 is 11.6 Å². The Morgan fingerprint density at radius 1 is 1.25 bits per heavy atom. The standard InChI is InChI=1S/C18H25ClN4O/c1-20-18(21-16-6-3-7-16)23-10-8-22(9-11-23)17(24)13-14-4-2-5-15(19)12-14/h2,4-5,12,16H,3,6-11,13H2,1H3,(H,20,21). The van der Waals surface area contributed by atoms with Crippen molar-refractivity contribution in [2.75, 3.05) is 33.2 Å². The van der Waals surface area contributed by atoms with Gasteiger partial charge in [-0.05, 0) is 37.0 Å². The number of hydrogen-bond acceptors (Lipinski definition) is 2. The summed E-state index contributed by atoms with van der Waals surface area (Å²) in [5.74, 6) is 1.14. The van der Waals surface area contributed by atoms with Crippen molar-refractivity contribution >= 4 is 23.5 Å². The van der Waals surface area contributed by atoms with Gasteiger partial charge in [0.15, 0.2) is 5.96 Å². The minimum absolute atomic E-state index is 0.166. The van der Waals surface area contributed by atoms with Crippen molar-refractivity contribution in [3.8, 4) is 0 Å². The number of benzene rings is 1. The third-order valence-corrected chi connectivity index (χ3v) is 5.06. The second kappa shape index (κ2) is 7.88. The molecule has 1 saturated carbocycles. The van der Waals surface area contributed by atoms with Crippen molar-refractivity contribution < 1.29 is 4.79 Å². The number of piperazine rings is 1. The maximum Gasteiger partial charge on any atom is 0.227 e. The van der Waals surface area contributed by atoms with E-state index in [0.717, 1.165) is 37.7 Å². The largest absolute Gasteiger partial charge is 0.354 e. The molecular formula is C18H25ClN4O. The molecule has 0 radical (unpaired) electrons. The number of guanidine groups is 1. The molecule has 0 bridgehead atoms. The highest BCUT2D eigenvalue weighted by Crippen LogP contribution is 2.18. The van der Waals surface area contributed by atoms with Crippen molar-refractivity contribution in [3.05, 3.63) is 34.9 Å². The molecular weight excluding hydrogens is 324 g/mol. The van der Waals surface area contributed by atoms with Crippen LogP contribution in [0.1, 0.15) is 24.8 Å². The highest BCUT2D eigenvalue weighted by atomic mass is 35.5. The lowest BCUT2D eigenvalue weighted by Crippen LogP contribution is -2.56. The number of nitrogens with zero attached hydrogens (tertiary/aromatic N) is 3. The third-order valence-electron chi connectivity index (χ3n) is 4.83. The molecule has 2 aliphatic rings. The van der Waals surface area contributed by atoms with E-state index in [0.29, 0.717) is 17.5 Å². The normalized spacial score (nSPS) is 19.2. The van der Waals surface area contributed by atoms with Crippen LogP contribution in [0.15, 0.2) is 29.3 Å². The van der Waals surface area contributed by atoms with E-state index in [4.69, 9.17) is 11.6 Å². The van der Waals surface area contributed by atoms with Crippen LogP contribution in [0.3, 0.4) is 0 Å². The van der Waals surface area contributed by atoms with E-state index in [1.165, 1.54) is 19.3 Å². The van der Waals surface area contributed by atoms with Crippen molar-refractivity contribution in [2.24, 2.45) is 4.99 Å². The molecule has 1 aromatic carbocycles. The average molecular weight is 349 g/mol. The quantitative estimate of drug-likeness (QED) is 0.672. The van der Waals surface area contributed by atoms with E-state index in [9.17, 15) is 4.79 Å². The summed E-state index contributed by atoms with van der Waals surface area (Å²) in [6.45, 7) is 3.14. The molecule has 130 valence electrons. The number of aliphatic imine (C=N–C) groups is 1. The number of carbonyl (C=O) groups is 1. The molecule has 0 spiro atoms. The lowest BCUT2D eigenvalue weighted by molar-refractivity contribution is -0.131. The van der Waals surface area contributed by atoms with E-state index < -0.39 is 0 Å². The summed E-state index contributed by atoms with van der Waals surface area (Å²) >= 11 is 5.99. The Labute approximate surface area is 148 Å². The van der Waals surface area contributed by atoms with Gasteiger partial charge in [-0.25, -0.2) is 0 Å². The monoisotopic (exact) mass is 348 g/mol. The molecule has 1 aromatic rings. The van der Waals surface area contributed by atoms with Gasteiger partial charge in [-0.2, -0.15) is 0 Å². The minimum atomic E-state index is 0.166. The molecule has 0 atom stereocenters. The highest BCUT2D eigenvalue weighted by molar-refractivity contribution is 6.30. The SMILES string of the molecule is CN=C(NC1CCC1)N1CCN(C(=O)Cc2cccc(Cl)c2)CC1. The smallest absolute Gasteiger partial charge is 0.227 e. The van der Waals surface area contributed by atoms with Crippen molar-refractivity contribution in [3.63, 3.8) is 0 Å². The molecule has 1 N–H and O–H groups in total. The molecule has 1 aliphatic carbocycles. The maximum atomic E-state index is 12.5. The zero-order valence-electron chi connectivity index (χ0n) is 14.2. The molecule has 1 amide bonds. The van der Waals surface area contributed by atoms with Gasteiger partial charge in [0.05, 0.1) is 6.42 Å². The molecule has 6 heteroatoms. The van der Waals surface area contributed by atoms with Gasteiger partial charge in [0.25, 0.3) is 0 Å². The van der Waals surface area contributed by atoms with Crippen LogP contribution in [0.5, 0.6) is 0 Å². The van der Waals surface area contributed by atoms with E-state index in [1.807, 2.05) is 36.2 Å². The van der Waals surface area contributed by atoms with E-state index in [1.54, 1.807) is 0 Å². The fourth-order valence-electron chi connectivity index (χ4n) is 3.13. The first-order chi connectivity index (χ1) is 11.7. The predicted octanol–water partition coefficient (Wildman–Crippen LogP) is 2.15. The van der Waals surface area contributed by atoms with Crippen LogP contribution in [0.25, 0.3) is 0 Å². The second-order valence-corrected chi connectivity index (χ2v) is 6.93. The first-order valence-corrected chi connectivity index (χ1v) is 9.04. The molecule has 0 aromatic heterocycles. The molecule has 2 fully saturated rings. The first-order valence-electron chi connectivity index (χ1n) is 8.66. The van der Waals surface area contributed by atoms with Crippen molar-refractivity contribution in [1.29, 1.82) is 0 Å². The summed E-state index contributed by atoms with van der Waals surface area (Å²) in [6.07, 6.45) is 4.18. The Kier molecular flexibility index (Phi) is 5.61. The summed E-state index contributed by atoms with van der Waals surface area (Å²) in [4.78, 5) is 21.1. The van der Waals surface area contributed by atoms with Crippen LogP contribution in [-0.2, 0) is 11.2 Å². The molecule has 24 heavy (non-hydrogen) atoms. The van der Waals surface area contributed by atoms with Gasteiger partial charge in [-0.3, -0.25) is 9.79 Å². The Balaban J connectivity index is 1.49. The van der Waals surface area contributed by atoms with Crippen LogP contribution in [0.4, 0.5) is 0 Å². The zero-order valence-corrected chi connectivity index (χ0v) is 14.9. The van der Waals surface area contributed by atoms with Gasteiger partial charge < -0.3 is 15.1 Å².